The first-order chi connectivity index (χ1) is 10.1. The number of nitrogens with zero attached hydrogens (tertiary/aromatic N) is 2. The quantitative estimate of drug-likeness (QED) is 0.932. The molecule has 0 radical (unpaired) electrons. The van der Waals surface area contributed by atoms with Gasteiger partial charge in [0, 0.05) is 0 Å². The standard InChI is InChI=1S/C13H17N3O3S2/c1-9-14-13(19-15-9)12-11(7-8-20-12)16-21(17,18)10-5-3-2-4-6-10/h7-8,10,16H,2-6H2,1H3. The highest BCUT2D eigenvalue weighted by atomic mass is 32.2. The van der Waals surface area contributed by atoms with Gasteiger partial charge in [-0.2, -0.15) is 4.98 Å². The van der Waals surface area contributed by atoms with Gasteiger partial charge in [0.2, 0.25) is 10.0 Å². The summed E-state index contributed by atoms with van der Waals surface area (Å²) in [5.74, 6) is 0.878. The maximum atomic E-state index is 12.5. The number of rotatable bonds is 4. The van der Waals surface area contributed by atoms with Crippen LogP contribution in [-0.4, -0.2) is 23.8 Å². The number of thiophene rings is 1. The van der Waals surface area contributed by atoms with Crippen molar-refractivity contribution in [1.82, 2.24) is 10.1 Å². The molecule has 0 unspecified atom stereocenters. The number of hydrogen-bond donors (Lipinski definition) is 1. The summed E-state index contributed by atoms with van der Waals surface area (Å²) in [5.41, 5.74) is 0.522. The molecule has 0 aromatic carbocycles. The molecule has 0 bridgehead atoms. The van der Waals surface area contributed by atoms with Crippen LogP contribution < -0.4 is 4.72 Å². The number of aromatic nitrogens is 2. The van der Waals surface area contributed by atoms with Crippen molar-refractivity contribution >= 4 is 27.0 Å². The zero-order valence-corrected chi connectivity index (χ0v) is 13.3. The van der Waals surface area contributed by atoms with Gasteiger partial charge in [0.15, 0.2) is 5.82 Å². The van der Waals surface area contributed by atoms with Gasteiger partial charge in [-0.15, -0.1) is 11.3 Å². The second-order valence-corrected chi connectivity index (χ2v) is 8.09. The van der Waals surface area contributed by atoms with E-state index in [1.807, 2.05) is 5.38 Å². The van der Waals surface area contributed by atoms with E-state index in [2.05, 4.69) is 14.9 Å². The van der Waals surface area contributed by atoms with E-state index in [0.29, 0.717) is 22.3 Å². The van der Waals surface area contributed by atoms with Gasteiger partial charge in [-0.1, -0.05) is 24.4 Å². The maximum Gasteiger partial charge on any atom is 0.270 e. The summed E-state index contributed by atoms with van der Waals surface area (Å²) in [6.45, 7) is 1.73. The van der Waals surface area contributed by atoms with Crippen LogP contribution in [0.2, 0.25) is 0 Å². The third-order valence-electron chi connectivity index (χ3n) is 3.63. The largest absolute Gasteiger partial charge is 0.333 e. The van der Waals surface area contributed by atoms with Crippen molar-refractivity contribution in [3.8, 4) is 10.8 Å². The van der Waals surface area contributed by atoms with Crippen molar-refractivity contribution in [3.05, 3.63) is 17.3 Å². The normalized spacial score (nSPS) is 17.0. The predicted molar refractivity (Wildman–Crippen MR) is 81.8 cm³/mol. The van der Waals surface area contributed by atoms with E-state index in [1.54, 1.807) is 13.0 Å². The van der Waals surface area contributed by atoms with Crippen molar-refractivity contribution in [3.63, 3.8) is 0 Å². The first-order valence-corrected chi connectivity index (χ1v) is 9.38. The van der Waals surface area contributed by atoms with E-state index in [0.717, 1.165) is 32.1 Å². The van der Waals surface area contributed by atoms with Crippen molar-refractivity contribution in [1.29, 1.82) is 0 Å². The zero-order chi connectivity index (χ0) is 14.9. The van der Waals surface area contributed by atoms with Gasteiger partial charge in [0.05, 0.1) is 10.9 Å². The number of anilines is 1. The molecule has 3 rings (SSSR count). The smallest absolute Gasteiger partial charge is 0.270 e. The molecule has 8 heteroatoms. The summed E-state index contributed by atoms with van der Waals surface area (Å²) in [7, 11) is -3.36. The molecule has 1 N–H and O–H groups in total. The van der Waals surface area contributed by atoms with Crippen LogP contribution in [-0.2, 0) is 10.0 Å². The van der Waals surface area contributed by atoms with Crippen molar-refractivity contribution in [2.24, 2.45) is 0 Å². The topological polar surface area (TPSA) is 85.1 Å². The van der Waals surface area contributed by atoms with Crippen molar-refractivity contribution in [2.45, 2.75) is 44.3 Å². The minimum atomic E-state index is -3.36. The second-order valence-electron chi connectivity index (χ2n) is 5.22. The van der Waals surface area contributed by atoms with E-state index in [9.17, 15) is 8.42 Å². The molecule has 6 nitrogen and oxygen atoms in total. The fourth-order valence-electron chi connectivity index (χ4n) is 2.56. The van der Waals surface area contributed by atoms with Crippen LogP contribution in [0.15, 0.2) is 16.0 Å². The van der Waals surface area contributed by atoms with E-state index in [4.69, 9.17) is 4.52 Å². The Balaban J connectivity index is 1.84. The van der Waals surface area contributed by atoms with Gasteiger partial charge in [0.25, 0.3) is 5.89 Å². The second kappa shape index (κ2) is 5.76. The molecule has 0 aliphatic heterocycles. The highest BCUT2D eigenvalue weighted by Crippen LogP contribution is 2.34. The average molecular weight is 327 g/mol. The Labute approximate surface area is 127 Å². The van der Waals surface area contributed by atoms with E-state index >= 15 is 0 Å². The fourth-order valence-corrected chi connectivity index (χ4v) is 4.99. The minimum absolute atomic E-state index is 0.302. The molecule has 1 fully saturated rings. The first-order valence-electron chi connectivity index (χ1n) is 6.96. The van der Waals surface area contributed by atoms with Gasteiger partial charge >= 0.3 is 0 Å². The molecule has 1 aliphatic rings. The summed E-state index contributed by atoms with van der Waals surface area (Å²) in [5, 5.41) is 5.25. The number of nitrogens with one attached hydrogen (secondary N) is 1. The lowest BCUT2D eigenvalue weighted by Gasteiger charge is -2.22. The Kier molecular flexibility index (Phi) is 3.99. The molecule has 1 aliphatic carbocycles. The molecular formula is C13H17N3O3S2. The molecule has 0 saturated heterocycles. The van der Waals surface area contributed by atoms with Crippen LogP contribution in [0, 0.1) is 6.92 Å². The summed E-state index contributed by atoms with van der Waals surface area (Å²) in [6, 6.07) is 1.74. The summed E-state index contributed by atoms with van der Waals surface area (Å²) >= 11 is 1.38. The Bertz CT molecular complexity index is 715. The van der Waals surface area contributed by atoms with Crippen LogP contribution in [0.25, 0.3) is 10.8 Å². The number of hydrogen-bond acceptors (Lipinski definition) is 6. The highest BCUT2D eigenvalue weighted by Gasteiger charge is 2.28. The Hall–Kier alpha value is -1.41. The van der Waals surface area contributed by atoms with Gasteiger partial charge < -0.3 is 4.52 Å². The number of sulfonamides is 1. The monoisotopic (exact) mass is 327 g/mol. The molecule has 1 saturated carbocycles. The van der Waals surface area contributed by atoms with Crippen LogP contribution in [0.1, 0.15) is 37.9 Å². The van der Waals surface area contributed by atoms with E-state index in [-0.39, 0.29) is 5.25 Å². The van der Waals surface area contributed by atoms with Gasteiger partial charge in [-0.05, 0) is 31.2 Å². The first kappa shape index (κ1) is 14.5. The van der Waals surface area contributed by atoms with Crippen LogP contribution in [0.4, 0.5) is 5.69 Å². The number of aryl methyl sites for hydroxylation is 1. The highest BCUT2D eigenvalue weighted by molar-refractivity contribution is 7.93. The fraction of sp³-hybridized carbons (Fsp3) is 0.538. The summed E-state index contributed by atoms with van der Waals surface area (Å²) in [4.78, 5) is 4.82. The molecule has 0 spiro atoms. The Morgan fingerprint density at radius 2 is 2.10 bits per heavy atom. The Morgan fingerprint density at radius 3 is 2.76 bits per heavy atom. The lowest BCUT2D eigenvalue weighted by molar-refractivity contribution is 0.426. The third-order valence-corrected chi connectivity index (χ3v) is 6.39. The third kappa shape index (κ3) is 3.11. The van der Waals surface area contributed by atoms with Crippen LogP contribution >= 0.6 is 11.3 Å². The maximum absolute atomic E-state index is 12.5. The van der Waals surface area contributed by atoms with Crippen molar-refractivity contribution < 1.29 is 12.9 Å². The molecule has 114 valence electrons. The molecule has 0 atom stereocenters. The SMILES string of the molecule is Cc1noc(-c2sccc2NS(=O)(=O)C2CCCCC2)n1. The van der Waals surface area contributed by atoms with Gasteiger partial charge in [-0.25, -0.2) is 8.42 Å². The average Bonchev–Trinajstić information content (AvgIpc) is 3.08. The van der Waals surface area contributed by atoms with Crippen LogP contribution in [0.3, 0.4) is 0 Å². The predicted octanol–water partition coefficient (Wildman–Crippen LogP) is 3.18. The molecule has 2 aromatic heterocycles. The van der Waals surface area contributed by atoms with E-state index < -0.39 is 10.0 Å². The minimum Gasteiger partial charge on any atom is -0.333 e. The van der Waals surface area contributed by atoms with Crippen LogP contribution in [0.5, 0.6) is 0 Å². The summed E-state index contributed by atoms with van der Waals surface area (Å²) in [6.07, 6.45) is 4.54. The molecular weight excluding hydrogens is 310 g/mol. The van der Waals surface area contributed by atoms with Gasteiger partial charge in [0.1, 0.15) is 4.88 Å². The van der Waals surface area contributed by atoms with E-state index in [1.165, 1.54) is 11.3 Å². The lowest BCUT2D eigenvalue weighted by Crippen LogP contribution is -2.29. The molecule has 0 amide bonds. The molecule has 21 heavy (non-hydrogen) atoms. The molecule has 2 heterocycles. The Morgan fingerprint density at radius 1 is 1.33 bits per heavy atom. The lowest BCUT2D eigenvalue weighted by atomic mass is 10.0. The van der Waals surface area contributed by atoms with Crippen molar-refractivity contribution in [2.75, 3.05) is 4.72 Å². The van der Waals surface area contributed by atoms with Gasteiger partial charge in [-0.3, -0.25) is 4.72 Å². The molecule has 2 aromatic rings. The zero-order valence-electron chi connectivity index (χ0n) is 11.7. The summed E-state index contributed by atoms with van der Waals surface area (Å²) < 4.78 is 32.8.